The molecule has 1 aromatic rings. The summed E-state index contributed by atoms with van der Waals surface area (Å²) in [5.41, 5.74) is 1.18. The maximum atomic E-state index is 11.7. The van der Waals surface area contributed by atoms with Gasteiger partial charge in [0.1, 0.15) is 0 Å². The summed E-state index contributed by atoms with van der Waals surface area (Å²) in [6, 6.07) is 8.55. The monoisotopic (exact) mass is 326 g/mol. The van der Waals surface area contributed by atoms with Gasteiger partial charge in [-0.15, -0.1) is 0 Å². The second-order valence-electron chi connectivity index (χ2n) is 4.91. The number of halogens is 1. The molecule has 19 heavy (non-hydrogen) atoms. The maximum absolute atomic E-state index is 11.7. The van der Waals surface area contributed by atoms with Gasteiger partial charge >= 0.3 is 0 Å². The van der Waals surface area contributed by atoms with Crippen LogP contribution in [0.5, 0.6) is 0 Å². The van der Waals surface area contributed by atoms with Crippen molar-refractivity contribution in [3.05, 3.63) is 34.3 Å². The lowest BCUT2D eigenvalue weighted by Crippen LogP contribution is -2.39. The summed E-state index contributed by atoms with van der Waals surface area (Å²) in [4.78, 5) is 11.7. The Hall–Kier alpha value is -0.870. The highest BCUT2D eigenvalue weighted by Crippen LogP contribution is 2.16. The first kappa shape index (κ1) is 16.2. The highest BCUT2D eigenvalue weighted by Gasteiger charge is 2.09. The van der Waals surface area contributed by atoms with Crippen molar-refractivity contribution >= 4 is 21.8 Å². The van der Waals surface area contributed by atoms with Crippen molar-refractivity contribution in [1.82, 2.24) is 10.6 Å². The van der Waals surface area contributed by atoms with Crippen LogP contribution in [-0.4, -0.2) is 18.5 Å². The van der Waals surface area contributed by atoms with E-state index in [4.69, 9.17) is 0 Å². The SMILES string of the molecule is CCCC(C)NC(=O)CNC(C)c1ccc(Br)cc1. The third-order valence-corrected chi connectivity index (χ3v) is 3.60. The Labute approximate surface area is 124 Å². The lowest BCUT2D eigenvalue weighted by molar-refractivity contribution is -0.121. The fourth-order valence-corrected chi connectivity index (χ4v) is 2.21. The largest absolute Gasteiger partial charge is 0.353 e. The first-order valence-corrected chi connectivity index (χ1v) is 7.60. The van der Waals surface area contributed by atoms with Crippen LogP contribution in [0.2, 0.25) is 0 Å². The molecule has 0 spiro atoms. The molecule has 4 heteroatoms. The van der Waals surface area contributed by atoms with E-state index < -0.39 is 0 Å². The number of rotatable bonds is 7. The summed E-state index contributed by atoms with van der Waals surface area (Å²) in [5, 5.41) is 6.23. The molecule has 2 unspecified atom stereocenters. The van der Waals surface area contributed by atoms with Gasteiger partial charge in [0.25, 0.3) is 0 Å². The quantitative estimate of drug-likeness (QED) is 0.806. The molecule has 1 aromatic carbocycles. The number of carbonyl (C=O) groups excluding carboxylic acids is 1. The fourth-order valence-electron chi connectivity index (χ4n) is 1.95. The summed E-state index contributed by atoms with van der Waals surface area (Å²) in [5.74, 6) is 0.0601. The Morgan fingerprint density at radius 1 is 1.26 bits per heavy atom. The predicted molar refractivity (Wildman–Crippen MR) is 83.1 cm³/mol. The molecular weight excluding hydrogens is 304 g/mol. The average molecular weight is 327 g/mol. The van der Waals surface area contributed by atoms with Gasteiger partial charge in [0, 0.05) is 16.6 Å². The standard InChI is InChI=1S/C15H23BrN2O/c1-4-5-11(2)18-15(19)10-17-12(3)13-6-8-14(16)9-7-13/h6-9,11-12,17H,4-5,10H2,1-3H3,(H,18,19). The molecule has 0 aliphatic carbocycles. The Bertz CT molecular complexity index is 392. The van der Waals surface area contributed by atoms with E-state index in [2.05, 4.69) is 52.5 Å². The molecule has 0 radical (unpaired) electrons. The van der Waals surface area contributed by atoms with Gasteiger partial charge in [-0.2, -0.15) is 0 Å². The molecule has 2 N–H and O–H groups in total. The minimum atomic E-state index is 0.0601. The molecular formula is C15H23BrN2O. The maximum Gasteiger partial charge on any atom is 0.234 e. The molecule has 2 atom stereocenters. The van der Waals surface area contributed by atoms with Gasteiger partial charge in [-0.1, -0.05) is 41.4 Å². The molecule has 0 aromatic heterocycles. The van der Waals surface area contributed by atoms with E-state index in [9.17, 15) is 4.79 Å². The molecule has 1 amide bonds. The van der Waals surface area contributed by atoms with Gasteiger partial charge in [0.2, 0.25) is 5.91 Å². The Kier molecular flexibility index (Phi) is 7.10. The Morgan fingerprint density at radius 2 is 1.89 bits per heavy atom. The molecule has 0 fully saturated rings. The molecule has 106 valence electrons. The molecule has 0 saturated carbocycles. The topological polar surface area (TPSA) is 41.1 Å². The van der Waals surface area contributed by atoms with Crippen molar-refractivity contribution in [3.8, 4) is 0 Å². The van der Waals surface area contributed by atoms with E-state index in [0.29, 0.717) is 6.54 Å². The van der Waals surface area contributed by atoms with Crippen molar-refractivity contribution < 1.29 is 4.79 Å². The molecule has 0 saturated heterocycles. The van der Waals surface area contributed by atoms with Gasteiger partial charge in [0.15, 0.2) is 0 Å². The number of nitrogens with one attached hydrogen (secondary N) is 2. The van der Waals surface area contributed by atoms with Crippen LogP contribution in [0.3, 0.4) is 0 Å². The third-order valence-electron chi connectivity index (χ3n) is 3.07. The van der Waals surface area contributed by atoms with Crippen LogP contribution in [0.1, 0.15) is 45.2 Å². The van der Waals surface area contributed by atoms with Crippen molar-refractivity contribution in [2.45, 2.75) is 45.7 Å². The zero-order valence-corrected chi connectivity index (χ0v) is 13.5. The van der Waals surface area contributed by atoms with E-state index in [1.54, 1.807) is 0 Å². The Balaban J connectivity index is 2.35. The second-order valence-corrected chi connectivity index (χ2v) is 5.83. The highest BCUT2D eigenvalue weighted by molar-refractivity contribution is 9.10. The number of carbonyl (C=O) groups is 1. The first-order valence-electron chi connectivity index (χ1n) is 6.81. The summed E-state index contributed by atoms with van der Waals surface area (Å²) in [6.07, 6.45) is 2.11. The molecule has 0 bridgehead atoms. The summed E-state index contributed by atoms with van der Waals surface area (Å²) < 4.78 is 1.06. The first-order chi connectivity index (χ1) is 9.02. The van der Waals surface area contributed by atoms with Crippen molar-refractivity contribution in [3.63, 3.8) is 0 Å². The zero-order chi connectivity index (χ0) is 14.3. The van der Waals surface area contributed by atoms with E-state index in [1.807, 2.05) is 19.1 Å². The molecule has 3 nitrogen and oxygen atoms in total. The number of benzene rings is 1. The number of hydrogen-bond acceptors (Lipinski definition) is 2. The lowest BCUT2D eigenvalue weighted by atomic mass is 10.1. The predicted octanol–water partition coefficient (Wildman–Crippen LogP) is 3.40. The van der Waals surface area contributed by atoms with Crippen LogP contribution < -0.4 is 10.6 Å². The van der Waals surface area contributed by atoms with E-state index >= 15 is 0 Å². The molecule has 0 aliphatic rings. The van der Waals surface area contributed by atoms with Crippen molar-refractivity contribution in [2.24, 2.45) is 0 Å². The van der Waals surface area contributed by atoms with Crippen molar-refractivity contribution in [2.75, 3.05) is 6.54 Å². The molecule has 1 rings (SSSR count). The van der Waals surface area contributed by atoms with Crippen LogP contribution in [0, 0.1) is 0 Å². The smallest absolute Gasteiger partial charge is 0.234 e. The van der Waals surface area contributed by atoms with Gasteiger partial charge in [-0.05, 0) is 38.0 Å². The second kappa shape index (κ2) is 8.33. The number of amides is 1. The molecule has 0 heterocycles. The van der Waals surface area contributed by atoms with Crippen LogP contribution in [0.4, 0.5) is 0 Å². The van der Waals surface area contributed by atoms with Gasteiger partial charge in [-0.25, -0.2) is 0 Å². The highest BCUT2D eigenvalue weighted by atomic mass is 79.9. The van der Waals surface area contributed by atoms with E-state index in [0.717, 1.165) is 17.3 Å². The van der Waals surface area contributed by atoms with Gasteiger partial charge < -0.3 is 10.6 Å². The van der Waals surface area contributed by atoms with Crippen molar-refractivity contribution in [1.29, 1.82) is 0 Å². The van der Waals surface area contributed by atoms with Gasteiger partial charge in [0.05, 0.1) is 6.54 Å². The minimum absolute atomic E-state index is 0.0601. The van der Waals surface area contributed by atoms with E-state index in [1.165, 1.54) is 5.56 Å². The summed E-state index contributed by atoms with van der Waals surface area (Å²) in [6.45, 7) is 6.58. The molecule has 0 aliphatic heterocycles. The lowest BCUT2D eigenvalue weighted by Gasteiger charge is -2.16. The van der Waals surface area contributed by atoms with E-state index in [-0.39, 0.29) is 18.0 Å². The normalized spacial score (nSPS) is 13.9. The fraction of sp³-hybridized carbons (Fsp3) is 0.533. The average Bonchev–Trinajstić information content (AvgIpc) is 2.37. The minimum Gasteiger partial charge on any atom is -0.353 e. The third kappa shape index (κ3) is 6.21. The number of hydrogen-bond donors (Lipinski definition) is 2. The summed E-state index contributed by atoms with van der Waals surface area (Å²) in [7, 11) is 0. The summed E-state index contributed by atoms with van der Waals surface area (Å²) >= 11 is 3.41. The Morgan fingerprint density at radius 3 is 2.47 bits per heavy atom. The van der Waals surface area contributed by atoms with Crippen LogP contribution >= 0.6 is 15.9 Å². The van der Waals surface area contributed by atoms with Crippen LogP contribution in [-0.2, 0) is 4.79 Å². The van der Waals surface area contributed by atoms with Crippen LogP contribution in [0.25, 0.3) is 0 Å². The zero-order valence-electron chi connectivity index (χ0n) is 11.9. The van der Waals surface area contributed by atoms with Gasteiger partial charge in [-0.3, -0.25) is 4.79 Å². The van der Waals surface area contributed by atoms with Crippen LogP contribution in [0.15, 0.2) is 28.7 Å².